The van der Waals surface area contributed by atoms with Gasteiger partial charge in [-0.25, -0.2) is 0 Å². The first-order chi connectivity index (χ1) is 20.1. The Bertz CT molecular complexity index is 1620. The standard InChI is InChI=1S/C31H28N6O2S2/c1-4-15-27(22-23(2)3)37(26-20-13-8-14-21-26)29-33-35-31(39-29)41-40-30-34-32-28(38-30)36(25-18-11-7-12-19-25)24-16-9-5-6-10-17-24/h4-5,7-21,23H,1,22H2,2-3H3/b27-15+. The fraction of sp³-hybridized carbons (Fsp3) is 0.129. The molecule has 1 aliphatic rings. The molecule has 0 saturated heterocycles. The van der Waals surface area contributed by atoms with Gasteiger partial charge in [-0.05, 0) is 67.0 Å². The van der Waals surface area contributed by atoms with Gasteiger partial charge in [0, 0.05) is 27.3 Å². The Hall–Kier alpha value is -4.50. The number of nitrogens with zero attached hydrogens (tertiary/aromatic N) is 6. The predicted octanol–water partition coefficient (Wildman–Crippen LogP) is 8.81. The summed E-state index contributed by atoms with van der Waals surface area (Å²) in [6, 6.07) is 20.5. The van der Waals surface area contributed by atoms with E-state index in [1.54, 1.807) is 6.08 Å². The molecule has 0 bridgehead atoms. The van der Waals surface area contributed by atoms with E-state index in [1.165, 1.54) is 21.6 Å². The van der Waals surface area contributed by atoms with Crippen molar-refractivity contribution in [3.8, 4) is 0 Å². The van der Waals surface area contributed by atoms with Crippen molar-refractivity contribution < 1.29 is 8.83 Å². The van der Waals surface area contributed by atoms with E-state index in [4.69, 9.17) is 8.83 Å². The zero-order chi connectivity index (χ0) is 28.4. The molecule has 8 nitrogen and oxygen atoms in total. The van der Waals surface area contributed by atoms with E-state index < -0.39 is 0 Å². The van der Waals surface area contributed by atoms with Crippen LogP contribution in [-0.4, -0.2) is 20.4 Å². The Morgan fingerprint density at radius 2 is 1.51 bits per heavy atom. The largest absolute Gasteiger partial charge is 0.397 e. The molecule has 0 aliphatic heterocycles. The van der Waals surface area contributed by atoms with E-state index in [-0.39, 0.29) is 0 Å². The van der Waals surface area contributed by atoms with Crippen LogP contribution in [0.1, 0.15) is 20.3 Å². The summed E-state index contributed by atoms with van der Waals surface area (Å²) in [5.41, 5.74) is 6.74. The summed E-state index contributed by atoms with van der Waals surface area (Å²) >= 11 is 0. The van der Waals surface area contributed by atoms with E-state index in [1.807, 2.05) is 107 Å². The zero-order valence-electron chi connectivity index (χ0n) is 22.6. The minimum absolute atomic E-state index is 0.333. The van der Waals surface area contributed by atoms with Crippen LogP contribution < -0.4 is 9.80 Å². The van der Waals surface area contributed by atoms with Crippen molar-refractivity contribution in [2.75, 3.05) is 9.80 Å². The lowest BCUT2D eigenvalue weighted by Crippen LogP contribution is -2.18. The molecule has 5 rings (SSSR count). The van der Waals surface area contributed by atoms with Gasteiger partial charge in [0.05, 0.1) is 17.1 Å². The molecular formula is C31H28N6O2S2. The Morgan fingerprint density at radius 3 is 2.17 bits per heavy atom. The highest BCUT2D eigenvalue weighted by molar-refractivity contribution is 8.76. The molecule has 0 spiro atoms. The van der Waals surface area contributed by atoms with Crippen LogP contribution in [0.25, 0.3) is 0 Å². The fourth-order valence-electron chi connectivity index (χ4n) is 4.03. The van der Waals surface area contributed by atoms with E-state index in [0.717, 1.165) is 29.2 Å². The summed E-state index contributed by atoms with van der Waals surface area (Å²) in [7, 11) is 2.50. The van der Waals surface area contributed by atoms with Crippen LogP contribution in [-0.2, 0) is 0 Å². The lowest BCUT2D eigenvalue weighted by atomic mass is 10.1. The van der Waals surface area contributed by atoms with Crippen molar-refractivity contribution >= 4 is 45.0 Å². The maximum atomic E-state index is 6.10. The number of aromatic nitrogens is 4. The molecular weight excluding hydrogens is 553 g/mol. The molecule has 41 heavy (non-hydrogen) atoms. The molecule has 2 heterocycles. The van der Waals surface area contributed by atoms with Gasteiger partial charge in [-0.1, -0.05) is 89.4 Å². The average molecular weight is 581 g/mol. The molecule has 0 saturated carbocycles. The molecule has 2 aromatic carbocycles. The van der Waals surface area contributed by atoms with Crippen molar-refractivity contribution in [3.05, 3.63) is 127 Å². The van der Waals surface area contributed by atoms with E-state index in [9.17, 15) is 0 Å². The van der Waals surface area contributed by atoms with Crippen LogP contribution >= 0.6 is 21.6 Å². The Kier molecular flexibility index (Phi) is 9.38. The first-order valence-electron chi connectivity index (χ1n) is 13.0. The van der Waals surface area contributed by atoms with Gasteiger partial charge in [0.15, 0.2) is 0 Å². The van der Waals surface area contributed by atoms with Crippen LogP contribution in [0.2, 0.25) is 0 Å². The molecule has 0 unspecified atom stereocenters. The molecule has 2 aromatic heterocycles. The summed E-state index contributed by atoms with van der Waals surface area (Å²) in [6.07, 6.45) is 14.0. The highest BCUT2D eigenvalue weighted by atomic mass is 33.1. The Balaban J connectivity index is 1.36. The van der Waals surface area contributed by atoms with E-state index >= 15 is 0 Å². The summed E-state index contributed by atoms with van der Waals surface area (Å²) in [5.74, 6) is 0.415. The number of benzene rings is 2. The van der Waals surface area contributed by atoms with Crippen molar-refractivity contribution in [1.29, 1.82) is 0 Å². The van der Waals surface area contributed by atoms with E-state index in [0.29, 0.717) is 28.4 Å². The maximum Gasteiger partial charge on any atom is 0.328 e. The van der Waals surface area contributed by atoms with Gasteiger partial charge in [-0.2, -0.15) is 0 Å². The van der Waals surface area contributed by atoms with Gasteiger partial charge in [0.2, 0.25) is 0 Å². The van der Waals surface area contributed by atoms with Gasteiger partial charge in [-0.15, -0.1) is 5.73 Å². The second kappa shape index (κ2) is 13.7. The van der Waals surface area contributed by atoms with Crippen molar-refractivity contribution in [2.45, 2.75) is 30.7 Å². The molecule has 0 fully saturated rings. The van der Waals surface area contributed by atoms with Crippen LogP contribution in [0.15, 0.2) is 146 Å². The minimum Gasteiger partial charge on any atom is -0.397 e. The first-order valence-corrected chi connectivity index (χ1v) is 15.1. The maximum absolute atomic E-state index is 6.10. The first kappa shape index (κ1) is 28.0. The van der Waals surface area contributed by atoms with Crippen molar-refractivity contribution in [2.24, 2.45) is 5.92 Å². The predicted molar refractivity (Wildman–Crippen MR) is 165 cm³/mol. The summed E-state index contributed by atoms with van der Waals surface area (Å²) in [4.78, 5) is 3.85. The van der Waals surface area contributed by atoms with Crippen LogP contribution in [0.4, 0.5) is 23.4 Å². The van der Waals surface area contributed by atoms with E-state index in [2.05, 4.69) is 46.6 Å². The Morgan fingerprint density at radius 1 is 0.878 bits per heavy atom. The molecule has 0 atom stereocenters. The third kappa shape index (κ3) is 7.18. The lowest BCUT2D eigenvalue weighted by molar-refractivity contribution is 0.456. The summed E-state index contributed by atoms with van der Waals surface area (Å²) < 4.78 is 12.2. The molecule has 0 radical (unpaired) electrons. The van der Waals surface area contributed by atoms with Crippen LogP contribution in [0.3, 0.4) is 0 Å². The second-order valence-corrected chi connectivity index (χ2v) is 11.2. The average Bonchev–Trinajstić information content (AvgIpc) is 3.56. The smallest absolute Gasteiger partial charge is 0.328 e. The minimum atomic E-state index is 0.333. The molecule has 0 amide bonds. The monoisotopic (exact) mass is 580 g/mol. The van der Waals surface area contributed by atoms with Crippen LogP contribution in [0.5, 0.6) is 0 Å². The third-order valence-electron chi connectivity index (χ3n) is 5.67. The Labute approximate surface area is 247 Å². The van der Waals surface area contributed by atoms with Gasteiger partial charge in [0.25, 0.3) is 10.4 Å². The van der Waals surface area contributed by atoms with Gasteiger partial charge >= 0.3 is 12.0 Å². The lowest BCUT2D eigenvalue weighted by Gasteiger charge is -2.24. The van der Waals surface area contributed by atoms with Gasteiger partial charge < -0.3 is 8.83 Å². The molecule has 206 valence electrons. The number of hydrogen-bond donors (Lipinski definition) is 0. The molecule has 0 N–H and O–H groups in total. The fourth-order valence-corrected chi connectivity index (χ4v) is 5.37. The summed E-state index contributed by atoms with van der Waals surface area (Å²) in [6.45, 7) is 8.23. The summed E-state index contributed by atoms with van der Waals surface area (Å²) in [5, 5.41) is 17.9. The quantitative estimate of drug-likeness (QED) is 0.0920. The number of rotatable bonds is 12. The molecule has 1 aliphatic carbocycles. The topological polar surface area (TPSA) is 84.3 Å². The number of anilines is 4. The normalized spacial score (nSPS) is 12.9. The van der Waals surface area contributed by atoms with Crippen molar-refractivity contribution in [3.63, 3.8) is 0 Å². The molecule has 4 aromatic rings. The third-order valence-corrected chi connectivity index (χ3v) is 7.47. The van der Waals surface area contributed by atoms with Crippen LogP contribution in [0, 0.1) is 5.92 Å². The van der Waals surface area contributed by atoms with Gasteiger partial charge in [0.1, 0.15) is 0 Å². The molecule has 10 heteroatoms. The van der Waals surface area contributed by atoms with Crippen molar-refractivity contribution in [1.82, 2.24) is 20.4 Å². The second-order valence-electron chi connectivity index (χ2n) is 9.15. The number of hydrogen-bond acceptors (Lipinski definition) is 10. The highest BCUT2D eigenvalue weighted by Crippen LogP contribution is 2.40. The number of allylic oxidation sites excluding steroid dienone is 7. The zero-order valence-corrected chi connectivity index (χ0v) is 24.3. The highest BCUT2D eigenvalue weighted by Gasteiger charge is 2.23. The SMILES string of the molecule is C=C/C=C(\CC(C)C)N(c1ccccc1)c1nnc(SSc2nnc(N(C3=CC=C=CC=C3)c3ccccc3)o2)o1. The van der Waals surface area contributed by atoms with Gasteiger partial charge in [-0.3, -0.25) is 9.80 Å². The number of para-hydroxylation sites is 2.